The van der Waals surface area contributed by atoms with Gasteiger partial charge in [0.15, 0.2) is 0 Å². The summed E-state index contributed by atoms with van der Waals surface area (Å²) in [4.78, 5) is 12.5. The average Bonchev–Trinajstić information content (AvgIpc) is 3.15. The van der Waals surface area contributed by atoms with E-state index in [0.29, 0.717) is 24.4 Å². The van der Waals surface area contributed by atoms with E-state index in [-0.39, 0.29) is 17.0 Å². The van der Waals surface area contributed by atoms with Crippen LogP contribution in [0.4, 0.5) is 6.01 Å². The lowest BCUT2D eigenvalue weighted by Crippen LogP contribution is -2.43. The molecule has 1 aromatic heterocycles. The molecule has 8 nitrogen and oxygen atoms in total. The van der Waals surface area contributed by atoms with Crippen molar-refractivity contribution in [1.29, 1.82) is 0 Å². The summed E-state index contributed by atoms with van der Waals surface area (Å²) in [5, 5.41) is 10.0. The number of piperidine rings is 1. The third-order valence-corrected chi connectivity index (χ3v) is 6.72. The fraction of sp³-hybridized carbons (Fsp3) is 0.500. The molecule has 1 N–H and O–H groups in total. The summed E-state index contributed by atoms with van der Waals surface area (Å²) in [7, 11) is -3.56. The van der Waals surface area contributed by atoms with Crippen LogP contribution in [0.2, 0.25) is 0 Å². The monoisotopic (exact) mass is 392 g/mol. The van der Waals surface area contributed by atoms with E-state index in [4.69, 9.17) is 4.42 Å². The van der Waals surface area contributed by atoms with Crippen LogP contribution in [0.25, 0.3) is 0 Å². The second-order valence-corrected chi connectivity index (χ2v) is 8.40. The van der Waals surface area contributed by atoms with Gasteiger partial charge in [0.1, 0.15) is 0 Å². The fourth-order valence-electron chi connectivity index (χ4n) is 3.23. The molecule has 1 unspecified atom stereocenters. The maximum absolute atomic E-state index is 13.0. The number of anilines is 1. The van der Waals surface area contributed by atoms with Gasteiger partial charge in [-0.2, -0.15) is 4.31 Å². The molecule has 1 aliphatic heterocycles. The number of aromatic nitrogens is 2. The van der Waals surface area contributed by atoms with Crippen LogP contribution in [0.1, 0.15) is 55.8 Å². The Bertz CT molecular complexity index is 892. The minimum absolute atomic E-state index is 0.0210. The number of carbonyl (C=O) groups excluding carboxylic acids is 1. The zero-order chi connectivity index (χ0) is 19.4. The molecule has 1 amide bonds. The summed E-state index contributed by atoms with van der Waals surface area (Å²) >= 11 is 0. The molecule has 2 heterocycles. The van der Waals surface area contributed by atoms with Crippen LogP contribution < -0.4 is 5.32 Å². The molecule has 0 saturated carbocycles. The summed E-state index contributed by atoms with van der Waals surface area (Å²) < 4.78 is 32.8. The van der Waals surface area contributed by atoms with Crippen LogP contribution in [0, 0.1) is 0 Å². The highest BCUT2D eigenvalue weighted by Crippen LogP contribution is 2.27. The predicted molar refractivity (Wildman–Crippen MR) is 99.9 cm³/mol. The molecular formula is C18H24N4O4S. The molecule has 3 rings (SSSR count). The second kappa shape index (κ2) is 8.18. The Kier molecular flexibility index (Phi) is 5.91. The van der Waals surface area contributed by atoms with Gasteiger partial charge in [0.05, 0.1) is 4.90 Å². The zero-order valence-corrected chi connectivity index (χ0v) is 16.3. The molecule has 0 bridgehead atoms. The Balaban J connectivity index is 1.74. The van der Waals surface area contributed by atoms with Gasteiger partial charge in [-0.25, -0.2) is 8.42 Å². The number of aryl methyl sites for hydroxylation is 1. The average molecular weight is 392 g/mol. The summed E-state index contributed by atoms with van der Waals surface area (Å²) in [6, 6.07) is 5.98. The van der Waals surface area contributed by atoms with Gasteiger partial charge in [-0.05, 0) is 43.5 Å². The van der Waals surface area contributed by atoms with Gasteiger partial charge < -0.3 is 4.42 Å². The third kappa shape index (κ3) is 4.19. The Hall–Kier alpha value is -2.26. The van der Waals surface area contributed by atoms with Crippen molar-refractivity contribution in [3.8, 4) is 0 Å². The second-order valence-electron chi connectivity index (χ2n) is 6.51. The minimum atomic E-state index is -3.56. The molecular weight excluding hydrogens is 368 g/mol. The largest absolute Gasteiger partial charge is 0.408 e. The number of nitrogens with zero attached hydrogens (tertiary/aromatic N) is 3. The lowest BCUT2D eigenvalue weighted by molar-refractivity contribution is 0.102. The van der Waals surface area contributed by atoms with Crippen molar-refractivity contribution in [2.24, 2.45) is 0 Å². The molecule has 1 aliphatic rings. The van der Waals surface area contributed by atoms with E-state index in [1.807, 2.05) is 13.8 Å². The normalized spacial score (nSPS) is 18.4. The fourth-order valence-corrected chi connectivity index (χ4v) is 5.00. The lowest BCUT2D eigenvalue weighted by Gasteiger charge is -2.34. The van der Waals surface area contributed by atoms with Crippen molar-refractivity contribution < 1.29 is 17.6 Å². The smallest absolute Gasteiger partial charge is 0.322 e. The molecule has 1 aromatic carbocycles. The van der Waals surface area contributed by atoms with E-state index in [1.54, 1.807) is 4.31 Å². The number of nitrogens with one attached hydrogen (secondary N) is 1. The van der Waals surface area contributed by atoms with Gasteiger partial charge in [-0.3, -0.25) is 10.1 Å². The molecule has 0 aliphatic carbocycles. The van der Waals surface area contributed by atoms with Gasteiger partial charge >= 0.3 is 6.01 Å². The SMILES string of the molecule is CCc1nnc(NC(=O)c2ccc(S(=O)(=O)N3CCCCC3CC)cc2)o1. The number of hydrogen-bond donors (Lipinski definition) is 1. The summed E-state index contributed by atoms with van der Waals surface area (Å²) in [6.45, 7) is 4.41. The summed E-state index contributed by atoms with van der Waals surface area (Å²) in [5.74, 6) is -0.00610. The van der Waals surface area contributed by atoms with Crippen molar-refractivity contribution in [2.45, 2.75) is 56.9 Å². The van der Waals surface area contributed by atoms with E-state index in [2.05, 4.69) is 15.5 Å². The Morgan fingerprint density at radius 1 is 1.22 bits per heavy atom. The van der Waals surface area contributed by atoms with Gasteiger partial charge in [-0.1, -0.05) is 25.4 Å². The molecule has 146 valence electrons. The zero-order valence-electron chi connectivity index (χ0n) is 15.5. The first-order valence-corrected chi connectivity index (χ1v) is 10.6. The molecule has 0 radical (unpaired) electrons. The number of hydrogen-bond acceptors (Lipinski definition) is 6. The van der Waals surface area contributed by atoms with Crippen LogP contribution in [0.5, 0.6) is 0 Å². The Morgan fingerprint density at radius 3 is 2.59 bits per heavy atom. The van der Waals surface area contributed by atoms with E-state index in [1.165, 1.54) is 24.3 Å². The van der Waals surface area contributed by atoms with E-state index in [0.717, 1.165) is 25.7 Å². The first-order valence-electron chi connectivity index (χ1n) is 9.21. The molecule has 1 fully saturated rings. The maximum atomic E-state index is 13.0. The Labute approximate surface area is 159 Å². The van der Waals surface area contributed by atoms with Crippen LogP contribution in [0.15, 0.2) is 33.6 Å². The number of benzene rings is 1. The van der Waals surface area contributed by atoms with Crippen LogP contribution in [-0.2, 0) is 16.4 Å². The maximum Gasteiger partial charge on any atom is 0.322 e. The highest BCUT2D eigenvalue weighted by atomic mass is 32.2. The van der Waals surface area contributed by atoms with Crippen molar-refractivity contribution in [1.82, 2.24) is 14.5 Å². The van der Waals surface area contributed by atoms with Crippen LogP contribution in [-0.4, -0.2) is 41.4 Å². The number of amides is 1. The van der Waals surface area contributed by atoms with Gasteiger partial charge in [0.2, 0.25) is 15.9 Å². The number of sulfonamides is 1. The van der Waals surface area contributed by atoms with Gasteiger partial charge in [0.25, 0.3) is 5.91 Å². The number of rotatable bonds is 6. The molecule has 1 atom stereocenters. The molecule has 27 heavy (non-hydrogen) atoms. The quantitative estimate of drug-likeness (QED) is 0.810. The molecule has 2 aromatic rings. The molecule has 1 saturated heterocycles. The highest BCUT2D eigenvalue weighted by molar-refractivity contribution is 7.89. The summed E-state index contributed by atoms with van der Waals surface area (Å²) in [6.07, 6.45) is 4.19. The minimum Gasteiger partial charge on any atom is -0.408 e. The third-order valence-electron chi connectivity index (χ3n) is 4.76. The van der Waals surface area contributed by atoms with E-state index < -0.39 is 15.9 Å². The number of carbonyl (C=O) groups is 1. The van der Waals surface area contributed by atoms with Gasteiger partial charge in [0, 0.05) is 24.6 Å². The van der Waals surface area contributed by atoms with Crippen molar-refractivity contribution in [3.05, 3.63) is 35.7 Å². The molecule has 9 heteroatoms. The van der Waals surface area contributed by atoms with Gasteiger partial charge in [-0.15, -0.1) is 5.10 Å². The van der Waals surface area contributed by atoms with Crippen molar-refractivity contribution in [2.75, 3.05) is 11.9 Å². The van der Waals surface area contributed by atoms with E-state index >= 15 is 0 Å². The first-order chi connectivity index (χ1) is 13.0. The van der Waals surface area contributed by atoms with Crippen molar-refractivity contribution >= 4 is 21.9 Å². The van der Waals surface area contributed by atoms with Crippen LogP contribution in [0.3, 0.4) is 0 Å². The van der Waals surface area contributed by atoms with Crippen molar-refractivity contribution in [3.63, 3.8) is 0 Å². The molecule has 0 spiro atoms. The lowest BCUT2D eigenvalue weighted by atomic mass is 10.0. The predicted octanol–water partition coefficient (Wildman–Crippen LogP) is 2.84. The topological polar surface area (TPSA) is 105 Å². The Morgan fingerprint density at radius 2 is 1.96 bits per heavy atom. The summed E-state index contributed by atoms with van der Waals surface area (Å²) in [5.41, 5.74) is 0.316. The highest BCUT2D eigenvalue weighted by Gasteiger charge is 2.32. The van der Waals surface area contributed by atoms with E-state index in [9.17, 15) is 13.2 Å². The standard InChI is InChI=1S/C18H24N4O4S/c1-3-14-7-5-6-12-22(14)27(24,25)15-10-8-13(9-11-15)17(23)19-18-21-20-16(4-2)26-18/h8-11,14H,3-7,12H2,1-2H3,(H,19,21,23). The van der Waals surface area contributed by atoms with Crippen LogP contribution >= 0.6 is 0 Å². The first kappa shape index (κ1) is 19.5.